The Labute approximate surface area is 134 Å². The van der Waals surface area contributed by atoms with Gasteiger partial charge in [0.2, 0.25) is 0 Å². The van der Waals surface area contributed by atoms with Crippen molar-refractivity contribution >= 4 is 27.5 Å². The lowest BCUT2D eigenvalue weighted by Crippen LogP contribution is -2.41. The summed E-state index contributed by atoms with van der Waals surface area (Å²) in [4.78, 5) is 0. The molecule has 0 amide bonds. The zero-order valence-corrected chi connectivity index (χ0v) is 14.0. The van der Waals surface area contributed by atoms with E-state index >= 15 is 0 Å². The topological polar surface area (TPSA) is 21.3 Å². The van der Waals surface area contributed by atoms with Crippen molar-refractivity contribution in [1.29, 1.82) is 0 Å². The first-order chi connectivity index (χ1) is 9.67. The normalized spacial score (nSPS) is 21.9. The summed E-state index contributed by atoms with van der Waals surface area (Å²) >= 11 is 9.88. The lowest BCUT2D eigenvalue weighted by Gasteiger charge is -2.38. The second kappa shape index (κ2) is 6.35. The number of rotatable bonds is 5. The van der Waals surface area contributed by atoms with Gasteiger partial charge in [-0.1, -0.05) is 33.6 Å². The highest BCUT2D eigenvalue weighted by atomic mass is 79.9. The van der Waals surface area contributed by atoms with Crippen LogP contribution in [0.2, 0.25) is 5.02 Å². The Kier molecular flexibility index (Phi) is 4.71. The molecule has 4 heteroatoms. The molecule has 2 aliphatic rings. The van der Waals surface area contributed by atoms with Crippen molar-refractivity contribution in [2.75, 3.05) is 19.8 Å². The Balaban J connectivity index is 1.73. The molecule has 0 atom stereocenters. The molecule has 20 heavy (non-hydrogen) atoms. The predicted octanol–water partition coefficient (Wildman–Crippen LogP) is 4.19. The average Bonchev–Trinajstić information content (AvgIpc) is 3.25. The summed E-state index contributed by atoms with van der Waals surface area (Å²) in [6, 6.07) is 7.00. The van der Waals surface area contributed by atoms with E-state index < -0.39 is 0 Å². The molecule has 0 aromatic heterocycles. The fourth-order valence-electron chi connectivity index (χ4n) is 2.94. The minimum Gasteiger partial charge on any atom is -0.381 e. The van der Waals surface area contributed by atoms with Crippen LogP contribution in [0, 0.1) is 5.41 Å². The van der Waals surface area contributed by atoms with Gasteiger partial charge in [-0.3, -0.25) is 0 Å². The van der Waals surface area contributed by atoms with Crippen molar-refractivity contribution in [3.05, 3.63) is 33.3 Å². The van der Waals surface area contributed by atoms with Crippen molar-refractivity contribution < 1.29 is 4.74 Å². The maximum absolute atomic E-state index is 6.40. The first-order valence-corrected chi connectivity index (χ1v) is 8.59. The van der Waals surface area contributed by atoms with E-state index in [0.29, 0.717) is 5.41 Å². The third-order valence-corrected chi connectivity index (χ3v) is 5.32. The van der Waals surface area contributed by atoms with Gasteiger partial charge in [0, 0.05) is 35.3 Å². The van der Waals surface area contributed by atoms with Crippen LogP contribution in [0.4, 0.5) is 0 Å². The zero-order chi connectivity index (χ0) is 14.0. The quantitative estimate of drug-likeness (QED) is 0.852. The molecule has 1 aromatic carbocycles. The van der Waals surface area contributed by atoms with Gasteiger partial charge in [-0.15, -0.1) is 0 Å². The van der Waals surface area contributed by atoms with Crippen LogP contribution in [0.1, 0.15) is 31.2 Å². The van der Waals surface area contributed by atoms with Crippen LogP contribution >= 0.6 is 27.5 Å². The molecule has 1 saturated carbocycles. The Morgan fingerprint density at radius 1 is 1.30 bits per heavy atom. The fraction of sp³-hybridized carbons (Fsp3) is 0.625. The molecule has 0 unspecified atom stereocenters. The first-order valence-electron chi connectivity index (χ1n) is 7.42. The van der Waals surface area contributed by atoms with Crippen molar-refractivity contribution in [2.24, 2.45) is 5.41 Å². The Morgan fingerprint density at radius 3 is 2.70 bits per heavy atom. The van der Waals surface area contributed by atoms with Crippen LogP contribution in [0.15, 0.2) is 22.7 Å². The third-order valence-electron chi connectivity index (χ3n) is 4.48. The van der Waals surface area contributed by atoms with Gasteiger partial charge in [0.1, 0.15) is 0 Å². The van der Waals surface area contributed by atoms with E-state index in [2.05, 4.69) is 33.4 Å². The van der Waals surface area contributed by atoms with Gasteiger partial charge in [0.15, 0.2) is 0 Å². The molecule has 1 aromatic rings. The molecule has 0 spiro atoms. The van der Waals surface area contributed by atoms with E-state index in [1.54, 1.807) is 0 Å². The second-order valence-electron chi connectivity index (χ2n) is 6.18. The van der Waals surface area contributed by atoms with Gasteiger partial charge in [0.05, 0.1) is 0 Å². The lowest BCUT2D eigenvalue weighted by atomic mass is 9.75. The average molecular weight is 359 g/mol. The molecule has 1 aliphatic heterocycles. The number of benzene rings is 1. The molecule has 110 valence electrons. The summed E-state index contributed by atoms with van der Waals surface area (Å²) < 4.78 is 6.61. The Bertz CT molecular complexity index is 470. The van der Waals surface area contributed by atoms with E-state index in [1.807, 2.05) is 6.07 Å². The second-order valence-corrected chi connectivity index (χ2v) is 7.50. The Morgan fingerprint density at radius 2 is 2.05 bits per heavy atom. The summed E-state index contributed by atoms with van der Waals surface area (Å²) in [6.07, 6.45) is 5.97. The summed E-state index contributed by atoms with van der Waals surface area (Å²) in [5, 5.41) is 4.58. The molecular weight excluding hydrogens is 338 g/mol. The molecule has 2 nitrogen and oxygen atoms in total. The van der Waals surface area contributed by atoms with E-state index in [0.717, 1.165) is 54.6 Å². The maximum Gasteiger partial charge on any atom is 0.0471 e. The van der Waals surface area contributed by atoms with Crippen molar-refractivity contribution in [1.82, 2.24) is 5.32 Å². The van der Waals surface area contributed by atoms with Crippen molar-refractivity contribution in [3.63, 3.8) is 0 Å². The van der Waals surface area contributed by atoms with Gasteiger partial charge in [-0.2, -0.15) is 0 Å². The van der Waals surface area contributed by atoms with Gasteiger partial charge in [0.25, 0.3) is 0 Å². The van der Waals surface area contributed by atoms with Gasteiger partial charge < -0.3 is 10.1 Å². The number of halogens is 2. The highest BCUT2D eigenvalue weighted by Crippen LogP contribution is 2.37. The smallest absolute Gasteiger partial charge is 0.0471 e. The number of hydrogen-bond acceptors (Lipinski definition) is 2. The highest BCUT2D eigenvalue weighted by Gasteiger charge is 2.35. The van der Waals surface area contributed by atoms with E-state index in [9.17, 15) is 0 Å². The highest BCUT2D eigenvalue weighted by molar-refractivity contribution is 9.10. The van der Waals surface area contributed by atoms with Gasteiger partial charge >= 0.3 is 0 Å². The minimum atomic E-state index is 0.304. The molecule has 1 N–H and O–H groups in total. The largest absolute Gasteiger partial charge is 0.381 e. The van der Waals surface area contributed by atoms with Crippen molar-refractivity contribution in [3.8, 4) is 0 Å². The summed E-state index contributed by atoms with van der Waals surface area (Å²) in [6.45, 7) is 2.84. The number of hydrogen-bond donors (Lipinski definition) is 1. The van der Waals surface area contributed by atoms with Crippen LogP contribution < -0.4 is 5.32 Å². The SMILES string of the molecule is Clc1cc(Br)ccc1CC1(CNC2CC2)CCOCC1. The summed E-state index contributed by atoms with van der Waals surface area (Å²) in [7, 11) is 0. The number of ether oxygens (including phenoxy) is 1. The standard InChI is InChI=1S/C16H21BrClNO/c17-13-2-1-12(15(18)9-13)10-16(5-7-20-8-6-16)11-19-14-3-4-14/h1-2,9,14,19H,3-8,10-11H2. The van der Waals surface area contributed by atoms with Crippen LogP contribution in [0.3, 0.4) is 0 Å². The minimum absolute atomic E-state index is 0.304. The molecule has 1 heterocycles. The molecule has 0 radical (unpaired) electrons. The predicted molar refractivity (Wildman–Crippen MR) is 86.4 cm³/mol. The monoisotopic (exact) mass is 357 g/mol. The Hall–Kier alpha value is -0.0900. The van der Waals surface area contributed by atoms with Crippen LogP contribution in [-0.2, 0) is 11.2 Å². The molecule has 1 saturated heterocycles. The summed E-state index contributed by atoms with van der Waals surface area (Å²) in [5.74, 6) is 0. The van der Waals surface area contributed by atoms with Gasteiger partial charge in [-0.05, 0) is 55.2 Å². The maximum atomic E-state index is 6.40. The van der Waals surface area contributed by atoms with E-state index in [-0.39, 0.29) is 0 Å². The summed E-state index contributed by atoms with van der Waals surface area (Å²) in [5.41, 5.74) is 1.56. The van der Waals surface area contributed by atoms with Crippen LogP contribution in [0.25, 0.3) is 0 Å². The van der Waals surface area contributed by atoms with E-state index in [4.69, 9.17) is 16.3 Å². The first kappa shape index (κ1) is 14.8. The molecule has 1 aliphatic carbocycles. The van der Waals surface area contributed by atoms with Crippen LogP contribution in [-0.4, -0.2) is 25.8 Å². The lowest BCUT2D eigenvalue weighted by molar-refractivity contribution is 0.0147. The molecule has 3 rings (SSSR count). The molecule has 2 fully saturated rings. The third kappa shape index (κ3) is 3.76. The van der Waals surface area contributed by atoms with E-state index in [1.165, 1.54) is 18.4 Å². The zero-order valence-electron chi connectivity index (χ0n) is 11.6. The fourth-order valence-corrected chi connectivity index (χ4v) is 3.68. The number of nitrogens with one attached hydrogen (secondary N) is 1. The molecule has 0 bridgehead atoms. The molecular formula is C16H21BrClNO. The van der Waals surface area contributed by atoms with Crippen molar-refractivity contribution in [2.45, 2.75) is 38.1 Å². The van der Waals surface area contributed by atoms with Gasteiger partial charge in [-0.25, -0.2) is 0 Å². The van der Waals surface area contributed by atoms with Crippen LogP contribution in [0.5, 0.6) is 0 Å².